The molecule has 3 aromatic rings. The van der Waals surface area contributed by atoms with Crippen LogP contribution in [0.1, 0.15) is 61.0 Å². The number of carbonyl (C=O) groups excluding carboxylic acids is 2. The highest BCUT2D eigenvalue weighted by molar-refractivity contribution is 5.93. The molecule has 1 aliphatic carbocycles. The van der Waals surface area contributed by atoms with Gasteiger partial charge in [-0.25, -0.2) is 9.78 Å². The number of fused-ring (bicyclic) bond motifs is 2. The van der Waals surface area contributed by atoms with E-state index in [-0.39, 0.29) is 17.8 Å². The third-order valence-electron chi connectivity index (χ3n) is 8.65. The van der Waals surface area contributed by atoms with Gasteiger partial charge in [-0.15, -0.1) is 0 Å². The molecule has 1 amide bonds. The molecule has 0 atom stereocenters. The first-order valence-corrected chi connectivity index (χ1v) is 14.1. The first kappa shape index (κ1) is 25.7. The number of aryl methyl sites for hydroxylation is 1. The number of carbonyl (C=O) groups is 2. The summed E-state index contributed by atoms with van der Waals surface area (Å²) >= 11 is 0. The summed E-state index contributed by atoms with van der Waals surface area (Å²) in [5.41, 5.74) is 3.85. The molecule has 1 saturated heterocycles. The summed E-state index contributed by atoms with van der Waals surface area (Å²) in [5.74, 6) is -0.196. The number of piperidine rings is 1. The van der Waals surface area contributed by atoms with Gasteiger partial charge < -0.3 is 14.5 Å². The molecule has 204 valence electrons. The van der Waals surface area contributed by atoms with Gasteiger partial charge in [-0.2, -0.15) is 5.10 Å². The average Bonchev–Trinajstić information content (AvgIpc) is 3.53. The third kappa shape index (κ3) is 5.07. The molecule has 0 bridgehead atoms. The zero-order valence-corrected chi connectivity index (χ0v) is 22.8. The Morgan fingerprint density at radius 1 is 1.05 bits per heavy atom. The lowest BCUT2D eigenvalue weighted by molar-refractivity contribution is -0.137. The van der Waals surface area contributed by atoms with Gasteiger partial charge in [-0.1, -0.05) is 12.5 Å². The van der Waals surface area contributed by atoms with Crippen molar-refractivity contribution in [2.75, 3.05) is 33.2 Å². The summed E-state index contributed by atoms with van der Waals surface area (Å²) in [6.45, 7) is 3.99. The number of pyridine rings is 2. The summed E-state index contributed by atoms with van der Waals surface area (Å²) in [7, 11) is 3.80. The topological polar surface area (TPSA) is 93.5 Å². The molecule has 2 fully saturated rings. The highest BCUT2D eigenvalue weighted by Crippen LogP contribution is 2.48. The lowest BCUT2D eigenvalue weighted by Gasteiger charge is -2.37. The van der Waals surface area contributed by atoms with Gasteiger partial charge in [0.25, 0.3) is 0 Å². The van der Waals surface area contributed by atoms with Crippen molar-refractivity contribution in [2.45, 2.75) is 50.5 Å². The number of aromatic nitrogens is 4. The average molecular weight is 529 g/mol. The van der Waals surface area contributed by atoms with Gasteiger partial charge >= 0.3 is 5.97 Å². The number of amides is 1. The molecule has 5 heterocycles. The molecule has 0 aromatic carbocycles. The summed E-state index contributed by atoms with van der Waals surface area (Å²) in [6, 6.07) is 7.81. The smallest absolute Gasteiger partial charge is 0.358 e. The Balaban J connectivity index is 1.11. The fourth-order valence-corrected chi connectivity index (χ4v) is 6.29. The van der Waals surface area contributed by atoms with Crippen LogP contribution >= 0.6 is 0 Å². The van der Waals surface area contributed by atoms with Crippen LogP contribution in [-0.2, 0) is 22.2 Å². The van der Waals surface area contributed by atoms with Crippen molar-refractivity contribution in [1.82, 2.24) is 29.5 Å². The second-order valence-corrected chi connectivity index (χ2v) is 11.2. The SMILES string of the molecule is CN(CCN1CCCCC1)C(=O)C1CCC2(CC1)OC(=O)c1nc(-c3ccc(-c4cnn(C)c4)nc3)ccc12. The van der Waals surface area contributed by atoms with Crippen molar-refractivity contribution in [3.8, 4) is 22.5 Å². The monoisotopic (exact) mass is 528 g/mol. The first-order chi connectivity index (χ1) is 18.9. The first-order valence-electron chi connectivity index (χ1n) is 14.1. The van der Waals surface area contributed by atoms with Crippen LogP contribution in [0.15, 0.2) is 42.9 Å². The van der Waals surface area contributed by atoms with Crippen LogP contribution in [0, 0.1) is 5.92 Å². The molecule has 1 spiro atoms. The molecular weight excluding hydrogens is 492 g/mol. The minimum Gasteiger partial charge on any atom is -0.449 e. The summed E-state index contributed by atoms with van der Waals surface area (Å²) in [4.78, 5) is 39.7. The standard InChI is InChI=1S/C30H36N6O3/c1-34(16-17-36-14-4-3-5-15-36)28(37)21-10-12-30(13-11-21)24-7-9-26(33-27(24)29(38)39-30)22-6-8-25(31-18-22)23-19-32-35(2)20-23/h6-9,18-21H,3-5,10-17H2,1-2H3. The number of hydrogen-bond acceptors (Lipinski definition) is 7. The second-order valence-electron chi connectivity index (χ2n) is 11.2. The van der Waals surface area contributed by atoms with E-state index in [2.05, 4.69) is 15.0 Å². The van der Waals surface area contributed by atoms with Crippen LogP contribution in [0.3, 0.4) is 0 Å². The van der Waals surface area contributed by atoms with E-state index in [4.69, 9.17) is 9.72 Å². The fourth-order valence-electron chi connectivity index (χ4n) is 6.29. The van der Waals surface area contributed by atoms with E-state index in [0.29, 0.717) is 37.1 Å². The van der Waals surface area contributed by atoms with Crippen LogP contribution in [0.5, 0.6) is 0 Å². The predicted molar refractivity (Wildman–Crippen MR) is 147 cm³/mol. The maximum Gasteiger partial charge on any atom is 0.358 e. The van der Waals surface area contributed by atoms with E-state index < -0.39 is 5.60 Å². The van der Waals surface area contributed by atoms with Crippen LogP contribution in [0.25, 0.3) is 22.5 Å². The van der Waals surface area contributed by atoms with Crippen molar-refractivity contribution >= 4 is 11.9 Å². The highest BCUT2D eigenvalue weighted by atomic mass is 16.6. The highest BCUT2D eigenvalue weighted by Gasteiger charge is 2.49. The number of nitrogens with zero attached hydrogens (tertiary/aromatic N) is 6. The molecule has 2 aliphatic heterocycles. The van der Waals surface area contributed by atoms with Gasteiger partial charge in [0.05, 0.1) is 17.6 Å². The van der Waals surface area contributed by atoms with Gasteiger partial charge in [0.15, 0.2) is 5.69 Å². The number of likely N-dealkylation sites (N-methyl/N-ethyl adjacent to an activating group) is 1. The Morgan fingerprint density at radius 3 is 2.51 bits per heavy atom. The Hall–Kier alpha value is -3.59. The Morgan fingerprint density at radius 2 is 1.82 bits per heavy atom. The third-order valence-corrected chi connectivity index (χ3v) is 8.65. The summed E-state index contributed by atoms with van der Waals surface area (Å²) in [6.07, 6.45) is 12.0. The normalized spacial score (nSPS) is 23.0. The number of hydrogen-bond donors (Lipinski definition) is 0. The molecule has 9 heteroatoms. The summed E-state index contributed by atoms with van der Waals surface area (Å²) < 4.78 is 7.73. The van der Waals surface area contributed by atoms with Gasteiger partial charge in [0, 0.05) is 62.2 Å². The van der Waals surface area contributed by atoms with Crippen molar-refractivity contribution in [3.05, 3.63) is 54.1 Å². The van der Waals surface area contributed by atoms with Crippen LogP contribution in [0.4, 0.5) is 0 Å². The van der Waals surface area contributed by atoms with Crippen molar-refractivity contribution in [2.24, 2.45) is 13.0 Å². The Bertz CT molecular complexity index is 1350. The second kappa shape index (κ2) is 10.5. The van der Waals surface area contributed by atoms with Crippen molar-refractivity contribution in [3.63, 3.8) is 0 Å². The number of rotatable bonds is 6. The van der Waals surface area contributed by atoms with Gasteiger partial charge in [-0.05, 0) is 69.8 Å². The maximum absolute atomic E-state index is 13.2. The van der Waals surface area contributed by atoms with E-state index >= 15 is 0 Å². The van der Waals surface area contributed by atoms with Crippen LogP contribution in [-0.4, -0.2) is 74.7 Å². The molecule has 1 saturated carbocycles. The van der Waals surface area contributed by atoms with Crippen LogP contribution in [0.2, 0.25) is 0 Å². The molecule has 0 N–H and O–H groups in total. The summed E-state index contributed by atoms with van der Waals surface area (Å²) in [5, 5.41) is 4.20. The predicted octanol–water partition coefficient (Wildman–Crippen LogP) is 4.04. The van der Waals surface area contributed by atoms with Crippen molar-refractivity contribution in [1.29, 1.82) is 0 Å². The molecule has 6 rings (SSSR count). The maximum atomic E-state index is 13.2. The molecule has 3 aliphatic rings. The zero-order chi connectivity index (χ0) is 27.0. The van der Waals surface area contributed by atoms with E-state index in [0.717, 1.165) is 48.6 Å². The van der Waals surface area contributed by atoms with Crippen molar-refractivity contribution < 1.29 is 14.3 Å². The van der Waals surface area contributed by atoms with E-state index in [9.17, 15) is 9.59 Å². The Kier molecular flexibility index (Phi) is 6.93. The molecule has 39 heavy (non-hydrogen) atoms. The van der Waals surface area contributed by atoms with Gasteiger partial charge in [0.1, 0.15) is 5.60 Å². The number of esters is 1. The molecule has 0 radical (unpaired) electrons. The largest absolute Gasteiger partial charge is 0.449 e. The molecular formula is C30H36N6O3. The minimum absolute atomic E-state index is 0.0265. The lowest BCUT2D eigenvalue weighted by Crippen LogP contribution is -2.43. The fraction of sp³-hybridized carbons (Fsp3) is 0.500. The number of likely N-dealkylation sites (tertiary alicyclic amines) is 1. The quantitative estimate of drug-likeness (QED) is 0.446. The van der Waals surface area contributed by atoms with Crippen LogP contribution < -0.4 is 0 Å². The van der Waals surface area contributed by atoms with E-state index in [1.165, 1.54) is 19.3 Å². The van der Waals surface area contributed by atoms with Gasteiger partial charge in [-0.3, -0.25) is 14.5 Å². The molecule has 0 unspecified atom stereocenters. The number of ether oxygens (including phenoxy) is 1. The Labute approximate surface area is 229 Å². The molecule has 9 nitrogen and oxygen atoms in total. The zero-order valence-electron chi connectivity index (χ0n) is 22.8. The lowest BCUT2D eigenvalue weighted by atomic mass is 9.75. The van der Waals surface area contributed by atoms with E-state index in [1.807, 2.05) is 49.5 Å². The minimum atomic E-state index is -0.677. The van der Waals surface area contributed by atoms with E-state index in [1.54, 1.807) is 17.1 Å². The van der Waals surface area contributed by atoms with Gasteiger partial charge in [0.2, 0.25) is 5.91 Å². The molecule has 3 aromatic heterocycles.